The molecule has 0 aliphatic rings. The van der Waals surface area contributed by atoms with Gasteiger partial charge in [0.2, 0.25) is 5.88 Å². The largest absolute Gasteiger partial charge is 0.480 e. The third-order valence-corrected chi connectivity index (χ3v) is 2.54. The molecule has 6 nitrogen and oxygen atoms in total. The number of methoxy groups -OCH3 is 1. The van der Waals surface area contributed by atoms with Crippen LogP contribution in [0.3, 0.4) is 0 Å². The molecule has 18 heavy (non-hydrogen) atoms. The molecule has 1 aromatic heterocycles. The Morgan fingerprint density at radius 2 is 2.06 bits per heavy atom. The number of hydrogen-bond donors (Lipinski definition) is 0. The van der Waals surface area contributed by atoms with Gasteiger partial charge in [-0.05, 0) is 18.2 Å². The number of fused-ring (bicyclic) bond motifs is 1. The summed E-state index contributed by atoms with van der Waals surface area (Å²) in [5.41, 5.74) is 1.78. The Morgan fingerprint density at radius 3 is 2.72 bits per heavy atom. The predicted molar refractivity (Wildman–Crippen MR) is 65.2 cm³/mol. The Kier molecular flexibility index (Phi) is 3.38. The number of aromatic nitrogens is 2. The fourth-order valence-corrected chi connectivity index (χ4v) is 1.49. The first-order chi connectivity index (χ1) is 8.65. The van der Waals surface area contributed by atoms with Crippen molar-refractivity contribution >= 4 is 16.9 Å². The summed E-state index contributed by atoms with van der Waals surface area (Å²) in [6.07, 6.45) is 1.53. The number of benzene rings is 1. The Morgan fingerprint density at radius 1 is 1.28 bits per heavy atom. The van der Waals surface area contributed by atoms with E-state index in [2.05, 4.69) is 9.97 Å². The minimum Gasteiger partial charge on any atom is -0.480 e. The topological polar surface area (TPSA) is 64.5 Å². The predicted octanol–water partition coefficient (Wildman–Crippen LogP) is 1.27. The molecule has 1 aromatic carbocycles. The van der Waals surface area contributed by atoms with E-state index in [1.54, 1.807) is 25.2 Å². The molecule has 2 aromatic rings. The second-order valence-electron chi connectivity index (χ2n) is 3.60. The first-order valence-electron chi connectivity index (χ1n) is 5.28. The Balaban J connectivity index is 2.45. The second-order valence-corrected chi connectivity index (χ2v) is 3.60. The van der Waals surface area contributed by atoms with Crippen LogP contribution in [0.4, 0.5) is 0 Å². The zero-order chi connectivity index (χ0) is 13.1. The van der Waals surface area contributed by atoms with E-state index in [9.17, 15) is 4.79 Å². The zero-order valence-corrected chi connectivity index (χ0v) is 10.4. The number of rotatable bonds is 3. The maximum absolute atomic E-state index is 11.9. The Labute approximate surface area is 104 Å². The standard InChI is InChI=1S/C12H13N3O3/c1-15(18-3)12(16)8-4-5-9-10(6-8)14-11(17-2)7-13-9/h4-7H,1-3H3. The molecule has 0 saturated heterocycles. The average Bonchev–Trinajstić information content (AvgIpc) is 2.44. The summed E-state index contributed by atoms with van der Waals surface area (Å²) in [6, 6.07) is 5.07. The number of carbonyl (C=O) groups is 1. The van der Waals surface area contributed by atoms with E-state index in [-0.39, 0.29) is 5.91 Å². The highest BCUT2D eigenvalue weighted by molar-refractivity contribution is 5.96. The van der Waals surface area contributed by atoms with Gasteiger partial charge in [0.1, 0.15) is 0 Å². The molecule has 0 bridgehead atoms. The molecule has 6 heteroatoms. The molecule has 2 rings (SSSR count). The molecule has 1 amide bonds. The third kappa shape index (κ3) is 2.23. The smallest absolute Gasteiger partial charge is 0.277 e. The molecule has 0 aliphatic carbocycles. The molecule has 0 unspecified atom stereocenters. The van der Waals surface area contributed by atoms with Crippen molar-refractivity contribution < 1.29 is 14.4 Å². The van der Waals surface area contributed by atoms with Gasteiger partial charge >= 0.3 is 0 Å². The van der Waals surface area contributed by atoms with Crippen LogP contribution >= 0.6 is 0 Å². The van der Waals surface area contributed by atoms with Crippen LogP contribution in [-0.2, 0) is 4.84 Å². The van der Waals surface area contributed by atoms with Crippen molar-refractivity contribution in [3.8, 4) is 5.88 Å². The summed E-state index contributed by atoms with van der Waals surface area (Å²) < 4.78 is 5.00. The molecule has 94 valence electrons. The summed E-state index contributed by atoms with van der Waals surface area (Å²) >= 11 is 0. The molecule has 0 radical (unpaired) electrons. The summed E-state index contributed by atoms with van der Waals surface area (Å²) in [6.45, 7) is 0. The Bertz CT molecular complexity index is 586. The average molecular weight is 247 g/mol. The van der Waals surface area contributed by atoms with E-state index in [1.807, 2.05) is 0 Å². The maximum Gasteiger partial charge on any atom is 0.277 e. The lowest BCUT2D eigenvalue weighted by molar-refractivity contribution is -0.0756. The van der Waals surface area contributed by atoms with Crippen molar-refractivity contribution in [2.45, 2.75) is 0 Å². The number of nitrogens with zero attached hydrogens (tertiary/aromatic N) is 3. The van der Waals surface area contributed by atoms with Crippen molar-refractivity contribution in [1.82, 2.24) is 15.0 Å². The van der Waals surface area contributed by atoms with Gasteiger partial charge in [0.15, 0.2) is 0 Å². The second kappa shape index (κ2) is 4.97. The molecular formula is C12H13N3O3. The van der Waals surface area contributed by atoms with E-state index >= 15 is 0 Å². The normalized spacial score (nSPS) is 10.4. The number of hydroxylamine groups is 2. The van der Waals surface area contributed by atoms with Crippen LogP contribution in [0.25, 0.3) is 11.0 Å². The molecule has 1 heterocycles. The van der Waals surface area contributed by atoms with Gasteiger partial charge in [0.05, 0.1) is 31.4 Å². The summed E-state index contributed by atoms with van der Waals surface area (Å²) in [5.74, 6) is 0.163. The van der Waals surface area contributed by atoms with Gasteiger partial charge in [-0.1, -0.05) is 0 Å². The molecule has 0 aliphatic heterocycles. The lowest BCUT2D eigenvalue weighted by atomic mass is 10.2. The van der Waals surface area contributed by atoms with E-state index in [1.165, 1.54) is 20.4 Å². The SMILES string of the molecule is COc1cnc2ccc(C(=O)N(C)OC)cc2n1. The quantitative estimate of drug-likeness (QED) is 0.764. The Hall–Kier alpha value is -2.21. The van der Waals surface area contributed by atoms with E-state index in [0.29, 0.717) is 22.5 Å². The maximum atomic E-state index is 11.9. The highest BCUT2D eigenvalue weighted by atomic mass is 16.7. The van der Waals surface area contributed by atoms with Gasteiger partial charge in [-0.3, -0.25) is 9.63 Å². The fraction of sp³-hybridized carbons (Fsp3) is 0.250. The van der Waals surface area contributed by atoms with Gasteiger partial charge in [0, 0.05) is 12.6 Å². The number of carbonyl (C=O) groups excluding carboxylic acids is 1. The van der Waals surface area contributed by atoms with Gasteiger partial charge in [-0.15, -0.1) is 0 Å². The fourth-order valence-electron chi connectivity index (χ4n) is 1.49. The van der Waals surface area contributed by atoms with Crippen LogP contribution < -0.4 is 4.74 Å². The summed E-state index contributed by atoms with van der Waals surface area (Å²) in [4.78, 5) is 25.1. The van der Waals surface area contributed by atoms with Crippen LogP contribution in [0.5, 0.6) is 5.88 Å². The van der Waals surface area contributed by atoms with E-state index in [4.69, 9.17) is 9.57 Å². The van der Waals surface area contributed by atoms with E-state index in [0.717, 1.165) is 5.06 Å². The molecule has 0 atom stereocenters. The zero-order valence-electron chi connectivity index (χ0n) is 10.4. The number of hydrogen-bond acceptors (Lipinski definition) is 5. The highest BCUT2D eigenvalue weighted by Crippen LogP contribution is 2.16. The van der Waals surface area contributed by atoms with Crippen LogP contribution in [0.15, 0.2) is 24.4 Å². The lowest BCUT2D eigenvalue weighted by Crippen LogP contribution is -2.25. The number of amides is 1. The van der Waals surface area contributed by atoms with Crippen molar-refractivity contribution in [3.05, 3.63) is 30.0 Å². The number of ether oxygens (including phenoxy) is 1. The molecular weight excluding hydrogens is 234 g/mol. The molecule has 0 N–H and O–H groups in total. The summed E-state index contributed by atoms with van der Waals surface area (Å²) in [7, 11) is 4.50. The van der Waals surface area contributed by atoms with E-state index < -0.39 is 0 Å². The highest BCUT2D eigenvalue weighted by Gasteiger charge is 2.12. The summed E-state index contributed by atoms with van der Waals surface area (Å²) in [5, 5.41) is 1.15. The molecule has 0 saturated carbocycles. The van der Waals surface area contributed by atoms with Crippen molar-refractivity contribution in [2.75, 3.05) is 21.3 Å². The van der Waals surface area contributed by atoms with Crippen LogP contribution in [-0.4, -0.2) is 42.2 Å². The first kappa shape index (κ1) is 12.3. The lowest BCUT2D eigenvalue weighted by Gasteiger charge is -2.13. The first-order valence-corrected chi connectivity index (χ1v) is 5.28. The van der Waals surface area contributed by atoms with Crippen molar-refractivity contribution in [3.63, 3.8) is 0 Å². The molecule has 0 fully saturated rings. The van der Waals surface area contributed by atoms with Crippen molar-refractivity contribution in [2.24, 2.45) is 0 Å². The molecule has 0 spiro atoms. The monoisotopic (exact) mass is 247 g/mol. The van der Waals surface area contributed by atoms with Gasteiger partial charge in [0.25, 0.3) is 5.91 Å². The minimum absolute atomic E-state index is 0.246. The van der Waals surface area contributed by atoms with Crippen molar-refractivity contribution in [1.29, 1.82) is 0 Å². The van der Waals surface area contributed by atoms with Gasteiger partial charge in [-0.2, -0.15) is 0 Å². The van der Waals surface area contributed by atoms with Gasteiger partial charge < -0.3 is 4.74 Å². The third-order valence-electron chi connectivity index (χ3n) is 2.54. The van der Waals surface area contributed by atoms with Crippen LogP contribution in [0.1, 0.15) is 10.4 Å². The van der Waals surface area contributed by atoms with Gasteiger partial charge in [-0.25, -0.2) is 15.0 Å². The van der Waals surface area contributed by atoms with Crippen LogP contribution in [0, 0.1) is 0 Å². The van der Waals surface area contributed by atoms with Crippen LogP contribution in [0.2, 0.25) is 0 Å². The minimum atomic E-state index is -0.246.